The molecule has 0 unspecified atom stereocenters. The minimum Gasteiger partial charge on any atom is -0.355 e. The van der Waals surface area contributed by atoms with E-state index in [1.54, 1.807) is 13.2 Å². The molecule has 1 fully saturated rings. The van der Waals surface area contributed by atoms with Crippen LogP contribution in [0.3, 0.4) is 0 Å². The lowest BCUT2D eigenvalue weighted by atomic mass is 10.0. The molecule has 0 bridgehead atoms. The number of nitrogens with zero attached hydrogens (tertiary/aromatic N) is 4. The van der Waals surface area contributed by atoms with Crippen LogP contribution in [0.15, 0.2) is 18.6 Å². The number of aromatic nitrogens is 4. The molecule has 0 aliphatic carbocycles. The highest BCUT2D eigenvalue weighted by molar-refractivity contribution is 5.95. The van der Waals surface area contributed by atoms with E-state index in [-0.39, 0.29) is 5.91 Å². The minimum atomic E-state index is -0.0881. The number of aromatic amines is 1. The average Bonchev–Trinajstić information content (AvgIpc) is 3.23. The molecular formula is C17H24N6O. The second-order valence-corrected chi connectivity index (χ2v) is 6.60. The van der Waals surface area contributed by atoms with Gasteiger partial charge in [-0.25, -0.2) is 9.97 Å². The number of hydrogen-bond donors (Lipinski definition) is 2. The average molecular weight is 328 g/mol. The fourth-order valence-corrected chi connectivity index (χ4v) is 3.14. The molecule has 2 N–H and O–H groups in total. The molecule has 1 saturated heterocycles. The summed E-state index contributed by atoms with van der Waals surface area (Å²) in [6, 6.07) is 0. The predicted molar refractivity (Wildman–Crippen MR) is 90.7 cm³/mol. The van der Waals surface area contributed by atoms with Gasteiger partial charge in [-0.15, -0.1) is 0 Å². The highest BCUT2D eigenvalue weighted by Gasteiger charge is 2.28. The molecule has 3 rings (SSSR count). The van der Waals surface area contributed by atoms with Crippen molar-refractivity contribution >= 4 is 5.91 Å². The first-order chi connectivity index (χ1) is 11.6. The summed E-state index contributed by atoms with van der Waals surface area (Å²) < 4.78 is 0. The first-order valence-electron chi connectivity index (χ1n) is 8.37. The predicted octanol–water partition coefficient (Wildman–Crippen LogP) is 1.67. The van der Waals surface area contributed by atoms with Crippen LogP contribution in [0.25, 0.3) is 0 Å². The Labute approximate surface area is 141 Å². The Morgan fingerprint density at radius 3 is 2.79 bits per heavy atom. The molecule has 0 radical (unpaired) electrons. The largest absolute Gasteiger partial charge is 0.355 e. The van der Waals surface area contributed by atoms with Crippen LogP contribution in [0.4, 0.5) is 0 Å². The molecule has 2 aromatic rings. The second kappa shape index (κ2) is 7.09. The zero-order valence-electron chi connectivity index (χ0n) is 14.4. The Hall–Kier alpha value is -2.28. The maximum Gasteiger partial charge on any atom is 0.254 e. The Bertz CT molecular complexity index is 693. The smallest absolute Gasteiger partial charge is 0.254 e. The molecule has 128 valence electrons. The summed E-state index contributed by atoms with van der Waals surface area (Å²) in [5, 5.41) is 9.72. The number of H-pyrrole nitrogens is 1. The van der Waals surface area contributed by atoms with E-state index in [0.717, 1.165) is 43.1 Å². The standard InChI is InChI=1S/C17H24N6O/c1-11(2)16-19-6-12(7-20-16)9-23-5-4-13(10-23)15-14(8-21-22-15)17(24)18-3/h6-8,11,13H,4-5,9-10H2,1-3H3,(H,18,24)(H,21,22)/t13-/m0/s1. The van der Waals surface area contributed by atoms with Gasteiger partial charge in [0.25, 0.3) is 5.91 Å². The molecule has 0 spiro atoms. The third-order valence-corrected chi connectivity index (χ3v) is 4.47. The summed E-state index contributed by atoms with van der Waals surface area (Å²) in [7, 11) is 1.64. The Morgan fingerprint density at radius 1 is 1.38 bits per heavy atom. The first kappa shape index (κ1) is 16.6. The van der Waals surface area contributed by atoms with Crippen LogP contribution >= 0.6 is 0 Å². The summed E-state index contributed by atoms with van der Waals surface area (Å²) in [4.78, 5) is 23.1. The van der Waals surface area contributed by atoms with Crippen LogP contribution in [-0.2, 0) is 6.54 Å². The van der Waals surface area contributed by atoms with Crippen molar-refractivity contribution in [2.45, 2.75) is 38.6 Å². The number of rotatable bonds is 5. The molecule has 2 aromatic heterocycles. The molecular weight excluding hydrogens is 304 g/mol. The summed E-state index contributed by atoms with van der Waals surface area (Å²) in [5.41, 5.74) is 2.70. The van der Waals surface area contributed by atoms with Gasteiger partial charge in [0.1, 0.15) is 5.82 Å². The number of nitrogens with one attached hydrogen (secondary N) is 2. The van der Waals surface area contributed by atoms with Crippen LogP contribution in [0.1, 0.15) is 59.5 Å². The van der Waals surface area contributed by atoms with Gasteiger partial charge in [-0.2, -0.15) is 5.10 Å². The van der Waals surface area contributed by atoms with Crippen LogP contribution in [-0.4, -0.2) is 51.1 Å². The molecule has 24 heavy (non-hydrogen) atoms. The third kappa shape index (κ3) is 3.46. The molecule has 0 aromatic carbocycles. The third-order valence-electron chi connectivity index (χ3n) is 4.47. The van der Waals surface area contributed by atoms with Crippen molar-refractivity contribution in [2.75, 3.05) is 20.1 Å². The van der Waals surface area contributed by atoms with Gasteiger partial charge < -0.3 is 5.32 Å². The van der Waals surface area contributed by atoms with Crippen LogP contribution in [0.5, 0.6) is 0 Å². The zero-order chi connectivity index (χ0) is 17.1. The van der Waals surface area contributed by atoms with E-state index in [1.165, 1.54) is 0 Å². The van der Waals surface area contributed by atoms with Crippen molar-refractivity contribution in [1.82, 2.24) is 30.4 Å². The number of amides is 1. The van der Waals surface area contributed by atoms with Gasteiger partial charge in [-0.1, -0.05) is 13.8 Å². The van der Waals surface area contributed by atoms with E-state index in [0.29, 0.717) is 17.4 Å². The Kier molecular flexibility index (Phi) is 4.89. The van der Waals surface area contributed by atoms with Gasteiger partial charge in [0, 0.05) is 49.9 Å². The highest BCUT2D eigenvalue weighted by atomic mass is 16.1. The lowest BCUT2D eigenvalue weighted by Gasteiger charge is -2.16. The van der Waals surface area contributed by atoms with Crippen molar-refractivity contribution in [3.63, 3.8) is 0 Å². The lowest BCUT2D eigenvalue weighted by Crippen LogP contribution is -2.22. The fourth-order valence-electron chi connectivity index (χ4n) is 3.14. The lowest BCUT2D eigenvalue weighted by molar-refractivity contribution is 0.0961. The fraction of sp³-hybridized carbons (Fsp3) is 0.529. The Morgan fingerprint density at radius 2 is 2.12 bits per heavy atom. The molecule has 7 heteroatoms. The second-order valence-electron chi connectivity index (χ2n) is 6.60. The summed E-state index contributed by atoms with van der Waals surface area (Å²) in [6.45, 7) is 6.91. The number of carbonyl (C=O) groups excluding carboxylic acids is 1. The van der Waals surface area contributed by atoms with Gasteiger partial charge >= 0.3 is 0 Å². The molecule has 7 nitrogen and oxygen atoms in total. The van der Waals surface area contributed by atoms with E-state index in [9.17, 15) is 4.79 Å². The highest BCUT2D eigenvalue weighted by Crippen LogP contribution is 2.28. The van der Waals surface area contributed by atoms with Gasteiger partial charge in [0.2, 0.25) is 0 Å². The Balaban J connectivity index is 1.63. The minimum absolute atomic E-state index is 0.0881. The number of carbonyl (C=O) groups is 1. The normalized spacial score (nSPS) is 18.2. The van der Waals surface area contributed by atoms with Crippen molar-refractivity contribution in [3.05, 3.63) is 41.2 Å². The van der Waals surface area contributed by atoms with Crippen molar-refractivity contribution in [3.8, 4) is 0 Å². The molecule has 1 amide bonds. The van der Waals surface area contributed by atoms with E-state index in [4.69, 9.17) is 0 Å². The van der Waals surface area contributed by atoms with Gasteiger partial charge in [0.05, 0.1) is 17.5 Å². The van der Waals surface area contributed by atoms with Crippen molar-refractivity contribution < 1.29 is 4.79 Å². The summed E-state index contributed by atoms with van der Waals surface area (Å²) in [5.74, 6) is 1.44. The topological polar surface area (TPSA) is 86.8 Å². The van der Waals surface area contributed by atoms with Gasteiger partial charge in [-0.3, -0.25) is 14.8 Å². The molecule has 1 aliphatic rings. The van der Waals surface area contributed by atoms with E-state index < -0.39 is 0 Å². The van der Waals surface area contributed by atoms with Gasteiger partial charge in [-0.05, 0) is 13.0 Å². The maximum absolute atomic E-state index is 11.9. The number of hydrogen-bond acceptors (Lipinski definition) is 5. The van der Waals surface area contributed by atoms with E-state index in [1.807, 2.05) is 12.4 Å². The van der Waals surface area contributed by atoms with Crippen LogP contribution < -0.4 is 5.32 Å². The van der Waals surface area contributed by atoms with Crippen molar-refractivity contribution in [2.24, 2.45) is 0 Å². The number of likely N-dealkylation sites (tertiary alicyclic amines) is 1. The van der Waals surface area contributed by atoms with Crippen LogP contribution in [0.2, 0.25) is 0 Å². The first-order valence-corrected chi connectivity index (χ1v) is 8.37. The van der Waals surface area contributed by atoms with E-state index >= 15 is 0 Å². The quantitative estimate of drug-likeness (QED) is 0.872. The van der Waals surface area contributed by atoms with Crippen LogP contribution in [0, 0.1) is 0 Å². The van der Waals surface area contributed by atoms with E-state index in [2.05, 4.69) is 44.2 Å². The molecule has 3 heterocycles. The molecule has 1 atom stereocenters. The zero-order valence-corrected chi connectivity index (χ0v) is 14.4. The summed E-state index contributed by atoms with van der Waals surface area (Å²) >= 11 is 0. The molecule has 1 aliphatic heterocycles. The molecule has 0 saturated carbocycles. The summed E-state index contributed by atoms with van der Waals surface area (Å²) in [6.07, 6.45) is 6.45. The van der Waals surface area contributed by atoms with Crippen molar-refractivity contribution in [1.29, 1.82) is 0 Å². The SMILES string of the molecule is CNC(=O)c1cn[nH]c1[C@H]1CCN(Cc2cnc(C(C)C)nc2)C1. The monoisotopic (exact) mass is 328 g/mol. The van der Waals surface area contributed by atoms with Gasteiger partial charge in [0.15, 0.2) is 0 Å². The maximum atomic E-state index is 11.9.